The van der Waals surface area contributed by atoms with Crippen LogP contribution in [0.25, 0.3) is 0 Å². The maximum atomic E-state index is 11.7. The fraction of sp³-hybridized carbons (Fsp3) is 0.900. The molecule has 3 heteroatoms. The third-order valence-corrected chi connectivity index (χ3v) is 3.32. The Kier molecular flexibility index (Phi) is 2.06. The summed E-state index contributed by atoms with van der Waals surface area (Å²) >= 11 is 0. The van der Waals surface area contributed by atoms with Crippen molar-refractivity contribution >= 4 is 5.91 Å². The third kappa shape index (κ3) is 1.70. The Bertz CT molecular complexity index is 223. The first kappa shape index (κ1) is 9.00. The van der Waals surface area contributed by atoms with E-state index in [1.54, 1.807) is 0 Å². The molecule has 0 radical (unpaired) electrons. The zero-order valence-electron chi connectivity index (χ0n) is 8.47. The Hall–Kier alpha value is -0.570. The summed E-state index contributed by atoms with van der Waals surface area (Å²) in [5.74, 6) is 0.302. The molecule has 0 spiro atoms. The minimum atomic E-state index is 0.0855. The quantitative estimate of drug-likeness (QED) is 0.693. The number of carbonyl (C=O) groups is 1. The predicted octanol–water partition coefficient (Wildman–Crippen LogP) is 0.607. The molecule has 74 valence electrons. The lowest BCUT2D eigenvalue weighted by Gasteiger charge is -2.20. The van der Waals surface area contributed by atoms with Crippen molar-refractivity contribution < 1.29 is 4.79 Å². The fourth-order valence-electron chi connectivity index (χ4n) is 2.00. The van der Waals surface area contributed by atoms with E-state index >= 15 is 0 Å². The Morgan fingerprint density at radius 2 is 2.31 bits per heavy atom. The molecule has 1 unspecified atom stereocenters. The van der Waals surface area contributed by atoms with E-state index in [0.29, 0.717) is 11.3 Å². The van der Waals surface area contributed by atoms with Gasteiger partial charge in [0.05, 0.1) is 6.04 Å². The molecular weight excluding hydrogens is 164 g/mol. The molecule has 13 heavy (non-hydrogen) atoms. The number of rotatable bonds is 3. The summed E-state index contributed by atoms with van der Waals surface area (Å²) in [5.41, 5.74) is 0.457. The molecule has 1 amide bonds. The highest BCUT2D eigenvalue weighted by Gasteiger charge is 2.42. The van der Waals surface area contributed by atoms with Gasteiger partial charge in [-0.05, 0) is 31.7 Å². The monoisotopic (exact) mass is 182 g/mol. The van der Waals surface area contributed by atoms with Crippen LogP contribution >= 0.6 is 0 Å². The van der Waals surface area contributed by atoms with Crippen LogP contribution in [-0.2, 0) is 4.79 Å². The van der Waals surface area contributed by atoms with E-state index in [0.717, 1.165) is 19.5 Å². The van der Waals surface area contributed by atoms with Gasteiger partial charge in [-0.15, -0.1) is 0 Å². The molecule has 3 nitrogen and oxygen atoms in total. The third-order valence-electron chi connectivity index (χ3n) is 3.32. The van der Waals surface area contributed by atoms with Crippen LogP contribution in [0.1, 0.15) is 26.2 Å². The number of likely N-dealkylation sites (N-methyl/N-ethyl adjacent to an activating group) is 1. The summed E-state index contributed by atoms with van der Waals surface area (Å²) in [4.78, 5) is 13.7. The lowest BCUT2D eigenvalue weighted by atomic mass is 10.1. The highest BCUT2D eigenvalue weighted by atomic mass is 16.2. The molecule has 2 rings (SSSR count). The van der Waals surface area contributed by atoms with E-state index < -0.39 is 0 Å². The zero-order chi connectivity index (χ0) is 9.47. The highest BCUT2D eigenvalue weighted by Crippen LogP contribution is 2.45. The molecule has 1 aliphatic heterocycles. The summed E-state index contributed by atoms with van der Waals surface area (Å²) in [7, 11) is 1.87. The summed E-state index contributed by atoms with van der Waals surface area (Å²) in [6, 6.07) is 0.0855. The minimum absolute atomic E-state index is 0.0855. The van der Waals surface area contributed by atoms with Crippen LogP contribution in [0, 0.1) is 5.41 Å². The van der Waals surface area contributed by atoms with Gasteiger partial charge in [-0.25, -0.2) is 0 Å². The van der Waals surface area contributed by atoms with Gasteiger partial charge in [-0.2, -0.15) is 0 Å². The van der Waals surface area contributed by atoms with Crippen LogP contribution in [-0.4, -0.2) is 37.0 Å². The van der Waals surface area contributed by atoms with E-state index in [4.69, 9.17) is 0 Å². The molecule has 1 saturated heterocycles. The standard InChI is InChI=1S/C10H18N2O/c1-10(4-5-10)7-12-6-3-8(11-2)9(12)13/h8,11H,3-7H2,1-2H3. The van der Waals surface area contributed by atoms with Crippen molar-refractivity contribution in [1.82, 2.24) is 10.2 Å². The number of likely N-dealkylation sites (tertiary alicyclic amines) is 1. The van der Waals surface area contributed by atoms with Gasteiger partial charge in [0.25, 0.3) is 0 Å². The highest BCUT2D eigenvalue weighted by molar-refractivity contribution is 5.84. The lowest BCUT2D eigenvalue weighted by molar-refractivity contribution is -0.129. The van der Waals surface area contributed by atoms with Crippen molar-refractivity contribution in [2.45, 2.75) is 32.2 Å². The predicted molar refractivity (Wildman–Crippen MR) is 51.4 cm³/mol. The van der Waals surface area contributed by atoms with Crippen molar-refractivity contribution in [2.75, 3.05) is 20.1 Å². The van der Waals surface area contributed by atoms with Crippen molar-refractivity contribution in [1.29, 1.82) is 0 Å². The zero-order valence-corrected chi connectivity index (χ0v) is 8.47. The SMILES string of the molecule is CNC1CCN(CC2(C)CC2)C1=O. The first-order valence-corrected chi connectivity index (χ1v) is 5.11. The average Bonchev–Trinajstić information content (AvgIpc) is 2.72. The van der Waals surface area contributed by atoms with E-state index in [1.807, 2.05) is 11.9 Å². The minimum Gasteiger partial charge on any atom is -0.341 e. The molecule has 0 bridgehead atoms. The Labute approximate surface area is 79.5 Å². The Balaban J connectivity index is 1.91. The summed E-state index contributed by atoms with van der Waals surface area (Å²) < 4.78 is 0. The molecule has 1 saturated carbocycles. The van der Waals surface area contributed by atoms with Crippen molar-refractivity contribution in [3.63, 3.8) is 0 Å². The maximum Gasteiger partial charge on any atom is 0.239 e. The molecule has 1 atom stereocenters. The molecule has 1 heterocycles. The van der Waals surface area contributed by atoms with E-state index in [-0.39, 0.29) is 6.04 Å². The molecule has 1 aliphatic carbocycles. The van der Waals surface area contributed by atoms with Crippen LogP contribution in [0.4, 0.5) is 0 Å². The number of hydrogen-bond acceptors (Lipinski definition) is 2. The first-order valence-electron chi connectivity index (χ1n) is 5.11. The van der Waals surface area contributed by atoms with Gasteiger partial charge in [0, 0.05) is 13.1 Å². The molecule has 2 fully saturated rings. The number of carbonyl (C=O) groups excluding carboxylic acids is 1. The van der Waals surface area contributed by atoms with Gasteiger partial charge in [0.2, 0.25) is 5.91 Å². The van der Waals surface area contributed by atoms with Gasteiger partial charge < -0.3 is 10.2 Å². The Morgan fingerprint density at radius 3 is 2.77 bits per heavy atom. The Morgan fingerprint density at radius 1 is 1.62 bits per heavy atom. The maximum absolute atomic E-state index is 11.7. The fourth-order valence-corrected chi connectivity index (χ4v) is 2.00. The molecule has 0 aromatic heterocycles. The molecule has 1 N–H and O–H groups in total. The van der Waals surface area contributed by atoms with Crippen LogP contribution in [0.2, 0.25) is 0 Å². The summed E-state index contributed by atoms with van der Waals surface area (Å²) in [6.07, 6.45) is 3.56. The van der Waals surface area contributed by atoms with Crippen LogP contribution in [0.15, 0.2) is 0 Å². The number of hydrogen-bond donors (Lipinski definition) is 1. The first-order chi connectivity index (χ1) is 6.14. The number of nitrogens with one attached hydrogen (secondary N) is 1. The molecule has 0 aromatic carbocycles. The van der Waals surface area contributed by atoms with Crippen molar-refractivity contribution in [3.05, 3.63) is 0 Å². The van der Waals surface area contributed by atoms with Gasteiger partial charge in [0.15, 0.2) is 0 Å². The van der Waals surface area contributed by atoms with Gasteiger partial charge >= 0.3 is 0 Å². The van der Waals surface area contributed by atoms with E-state index in [1.165, 1.54) is 12.8 Å². The molecule has 2 aliphatic rings. The van der Waals surface area contributed by atoms with Crippen LogP contribution < -0.4 is 5.32 Å². The average molecular weight is 182 g/mol. The van der Waals surface area contributed by atoms with Crippen LogP contribution in [0.3, 0.4) is 0 Å². The smallest absolute Gasteiger partial charge is 0.239 e. The second-order valence-corrected chi connectivity index (χ2v) is 4.70. The number of nitrogens with zero attached hydrogens (tertiary/aromatic N) is 1. The van der Waals surface area contributed by atoms with E-state index in [9.17, 15) is 4.79 Å². The van der Waals surface area contributed by atoms with Crippen LogP contribution in [0.5, 0.6) is 0 Å². The van der Waals surface area contributed by atoms with Gasteiger partial charge in [0.1, 0.15) is 0 Å². The van der Waals surface area contributed by atoms with Gasteiger partial charge in [-0.3, -0.25) is 4.79 Å². The normalized spacial score (nSPS) is 31.1. The van der Waals surface area contributed by atoms with Crippen molar-refractivity contribution in [2.24, 2.45) is 5.41 Å². The topological polar surface area (TPSA) is 32.3 Å². The molecular formula is C10H18N2O. The molecule has 0 aromatic rings. The summed E-state index contributed by atoms with van der Waals surface area (Å²) in [5, 5.41) is 3.06. The second kappa shape index (κ2) is 2.98. The lowest BCUT2D eigenvalue weighted by Crippen LogP contribution is -2.38. The second-order valence-electron chi connectivity index (χ2n) is 4.70. The van der Waals surface area contributed by atoms with Crippen molar-refractivity contribution in [3.8, 4) is 0 Å². The largest absolute Gasteiger partial charge is 0.341 e. The van der Waals surface area contributed by atoms with E-state index in [2.05, 4.69) is 12.2 Å². The van der Waals surface area contributed by atoms with Gasteiger partial charge in [-0.1, -0.05) is 6.92 Å². The summed E-state index contributed by atoms with van der Waals surface area (Å²) in [6.45, 7) is 4.19. The number of amides is 1.